The van der Waals surface area contributed by atoms with Crippen molar-refractivity contribution < 1.29 is 25.0 Å². The van der Waals surface area contributed by atoms with E-state index >= 15 is 0 Å². The van der Waals surface area contributed by atoms with E-state index in [0.717, 1.165) is 0 Å². The van der Waals surface area contributed by atoms with E-state index in [1.54, 1.807) is 24.3 Å². The Morgan fingerprint density at radius 3 is 2.05 bits per heavy atom. The lowest BCUT2D eigenvalue weighted by atomic mass is 10.1. The van der Waals surface area contributed by atoms with Gasteiger partial charge in [-0.15, -0.1) is 0 Å². The number of fused-ring (bicyclic) bond motifs is 1. The van der Waals surface area contributed by atoms with Crippen LogP contribution in [0.1, 0.15) is 46.4 Å². The van der Waals surface area contributed by atoms with Crippen LogP contribution in [0.3, 0.4) is 0 Å². The van der Waals surface area contributed by atoms with Crippen LogP contribution in [-0.4, -0.2) is 39.8 Å². The number of carbonyl (C=O) groups excluding carboxylic acids is 2. The lowest BCUT2D eigenvalue weighted by molar-refractivity contribution is -0.137. The van der Waals surface area contributed by atoms with E-state index in [1.165, 1.54) is 4.90 Å². The third-order valence-electron chi connectivity index (χ3n) is 3.15. The molecule has 0 saturated heterocycles. The van der Waals surface area contributed by atoms with Gasteiger partial charge in [-0.3, -0.25) is 19.3 Å². The van der Waals surface area contributed by atoms with Crippen LogP contribution < -0.4 is 0 Å². The number of hydrogen-bond acceptors (Lipinski definition) is 3. The van der Waals surface area contributed by atoms with Crippen molar-refractivity contribution in [3.63, 3.8) is 0 Å². The number of hydrogen-bond donors (Lipinski definition) is 1. The number of imide groups is 1. The van der Waals surface area contributed by atoms with Crippen LogP contribution in [0, 0.1) is 0 Å². The van der Waals surface area contributed by atoms with Gasteiger partial charge in [0, 0.05) is 13.0 Å². The van der Waals surface area contributed by atoms with Crippen molar-refractivity contribution >= 4 is 17.8 Å². The van der Waals surface area contributed by atoms with Gasteiger partial charge in [0.25, 0.3) is 11.8 Å². The minimum Gasteiger partial charge on any atom is -0.481 e. The molecule has 1 aromatic rings. The van der Waals surface area contributed by atoms with Gasteiger partial charge in [-0.2, -0.15) is 0 Å². The van der Waals surface area contributed by atoms with Gasteiger partial charge in [-0.05, 0) is 25.0 Å². The first kappa shape index (κ1) is 15.8. The zero-order valence-corrected chi connectivity index (χ0v) is 11.0. The third kappa shape index (κ3) is 3.21. The van der Waals surface area contributed by atoms with Crippen LogP contribution in [0.25, 0.3) is 0 Å². The highest BCUT2D eigenvalue weighted by molar-refractivity contribution is 6.21. The SMILES string of the molecule is O.O=C(O)CCCCCN1C(=O)c2ccccc2C1=O. The molecule has 1 aromatic carbocycles. The summed E-state index contributed by atoms with van der Waals surface area (Å²) in [5, 5.41) is 8.51. The second-order valence-corrected chi connectivity index (χ2v) is 4.51. The molecule has 0 fully saturated rings. The van der Waals surface area contributed by atoms with E-state index in [0.29, 0.717) is 36.9 Å². The fourth-order valence-electron chi connectivity index (χ4n) is 2.17. The van der Waals surface area contributed by atoms with Crippen molar-refractivity contribution in [2.24, 2.45) is 0 Å². The van der Waals surface area contributed by atoms with Crippen molar-refractivity contribution in [3.8, 4) is 0 Å². The average Bonchev–Trinajstić information content (AvgIpc) is 2.63. The predicted molar refractivity (Wildman–Crippen MR) is 71.5 cm³/mol. The first-order valence-electron chi connectivity index (χ1n) is 6.28. The van der Waals surface area contributed by atoms with Crippen LogP contribution in [0.5, 0.6) is 0 Å². The van der Waals surface area contributed by atoms with Crippen molar-refractivity contribution in [2.75, 3.05) is 6.54 Å². The Balaban J connectivity index is 0.00000200. The second-order valence-electron chi connectivity index (χ2n) is 4.51. The molecule has 0 unspecified atom stereocenters. The lowest BCUT2D eigenvalue weighted by Crippen LogP contribution is -2.30. The summed E-state index contributed by atoms with van der Waals surface area (Å²) in [5.74, 6) is -1.32. The number of benzene rings is 1. The van der Waals surface area contributed by atoms with Crippen molar-refractivity contribution in [1.82, 2.24) is 4.90 Å². The second kappa shape index (κ2) is 6.81. The van der Waals surface area contributed by atoms with Gasteiger partial charge >= 0.3 is 5.97 Å². The molecule has 0 aliphatic carbocycles. The molecule has 3 N–H and O–H groups in total. The normalized spacial score (nSPS) is 13.1. The third-order valence-corrected chi connectivity index (χ3v) is 3.15. The van der Waals surface area contributed by atoms with E-state index < -0.39 is 5.97 Å². The Hall–Kier alpha value is -2.21. The summed E-state index contributed by atoms with van der Waals surface area (Å²) < 4.78 is 0. The summed E-state index contributed by atoms with van der Waals surface area (Å²) in [7, 11) is 0. The molecule has 6 heteroatoms. The molecule has 2 rings (SSSR count). The smallest absolute Gasteiger partial charge is 0.303 e. The molecule has 0 saturated carbocycles. The summed E-state index contributed by atoms with van der Waals surface area (Å²) in [6.45, 7) is 0.353. The maximum absolute atomic E-state index is 12.0. The summed E-state index contributed by atoms with van der Waals surface area (Å²) in [6.07, 6.45) is 2.03. The molecular weight excluding hydrogens is 262 g/mol. The van der Waals surface area contributed by atoms with Crippen molar-refractivity contribution in [3.05, 3.63) is 35.4 Å². The van der Waals surface area contributed by atoms with Crippen molar-refractivity contribution in [2.45, 2.75) is 25.7 Å². The molecule has 1 aliphatic heterocycles. The van der Waals surface area contributed by atoms with Gasteiger partial charge < -0.3 is 10.6 Å². The first-order chi connectivity index (χ1) is 9.11. The van der Waals surface area contributed by atoms with E-state index in [1.807, 2.05) is 0 Å². The van der Waals surface area contributed by atoms with Gasteiger partial charge in [0.2, 0.25) is 0 Å². The first-order valence-corrected chi connectivity index (χ1v) is 6.28. The van der Waals surface area contributed by atoms with Crippen LogP contribution in [-0.2, 0) is 4.79 Å². The lowest BCUT2D eigenvalue weighted by Gasteiger charge is -2.13. The number of carboxylic acids is 1. The Morgan fingerprint density at radius 1 is 1.00 bits per heavy atom. The largest absolute Gasteiger partial charge is 0.481 e. The summed E-state index contributed by atoms with van der Waals surface area (Å²) in [6, 6.07) is 6.78. The highest BCUT2D eigenvalue weighted by atomic mass is 16.4. The highest BCUT2D eigenvalue weighted by Crippen LogP contribution is 2.22. The standard InChI is InChI=1S/C14H15NO4.H2O/c16-12(17)8-2-1-5-9-15-13(18)10-6-3-4-7-11(10)14(15)19;/h3-4,6-7H,1-2,5,8-9H2,(H,16,17);1H2. The Morgan fingerprint density at radius 2 is 1.55 bits per heavy atom. The molecule has 1 heterocycles. The molecule has 0 atom stereocenters. The van der Waals surface area contributed by atoms with E-state index in [2.05, 4.69) is 0 Å². The predicted octanol–water partition coefficient (Wildman–Crippen LogP) is 1.10. The Kier molecular flexibility index (Phi) is 5.40. The number of rotatable bonds is 6. The maximum atomic E-state index is 12.0. The number of aliphatic carboxylic acids is 1. The fourth-order valence-corrected chi connectivity index (χ4v) is 2.17. The number of amides is 2. The van der Waals surface area contributed by atoms with Crippen LogP contribution in [0.4, 0.5) is 0 Å². The van der Waals surface area contributed by atoms with Gasteiger partial charge in [-0.25, -0.2) is 0 Å². The zero-order chi connectivity index (χ0) is 13.8. The molecule has 0 spiro atoms. The topological polar surface area (TPSA) is 106 Å². The molecule has 0 aromatic heterocycles. The minimum atomic E-state index is -0.819. The van der Waals surface area contributed by atoms with Crippen molar-refractivity contribution in [1.29, 1.82) is 0 Å². The van der Waals surface area contributed by atoms with Crippen LogP contribution in [0.15, 0.2) is 24.3 Å². The summed E-state index contributed by atoms with van der Waals surface area (Å²) >= 11 is 0. The number of nitrogens with zero attached hydrogens (tertiary/aromatic N) is 1. The highest BCUT2D eigenvalue weighted by Gasteiger charge is 2.34. The van der Waals surface area contributed by atoms with Crippen LogP contribution >= 0.6 is 0 Å². The Bertz CT molecular complexity index is 491. The zero-order valence-electron chi connectivity index (χ0n) is 11.0. The van der Waals surface area contributed by atoms with Gasteiger partial charge in [-0.1, -0.05) is 18.6 Å². The molecule has 6 nitrogen and oxygen atoms in total. The molecule has 20 heavy (non-hydrogen) atoms. The molecule has 0 radical (unpaired) electrons. The molecular formula is C14H17NO5. The van der Waals surface area contributed by atoms with E-state index in [9.17, 15) is 14.4 Å². The summed E-state index contributed by atoms with van der Waals surface area (Å²) in [4.78, 5) is 35.6. The quantitative estimate of drug-likeness (QED) is 0.621. The molecule has 2 amide bonds. The molecule has 1 aliphatic rings. The minimum absolute atomic E-state index is 0. The van der Waals surface area contributed by atoms with Gasteiger partial charge in [0.1, 0.15) is 0 Å². The van der Waals surface area contributed by atoms with Crippen LogP contribution in [0.2, 0.25) is 0 Å². The number of unbranched alkanes of at least 4 members (excludes halogenated alkanes) is 2. The number of carboxylic acid groups (broad SMARTS) is 1. The number of carbonyl (C=O) groups is 3. The van der Waals surface area contributed by atoms with Gasteiger partial charge in [0.05, 0.1) is 11.1 Å². The Labute approximate surface area is 116 Å². The average molecular weight is 279 g/mol. The van der Waals surface area contributed by atoms with E-state index in [4.69, 9.17) is 5.11 Å². The summed E-state index contributed by atoms with van der Waals surface area (Å²) in [5.41, 5.74) is 0.913. The van der Waals surface area contributed by atoms with E-state index in [-0.39, 0.29) is 23.7 Å². The maximum Gasteiger partial charge on any atom is 0.303 e. The fraction of sp³-hybridized carbons (Fsp3) is 0.357. The monoisotopic (exact) mass is 279 g/mol. The molecule has 108 valence electrons. The molecule has 0 bridgehead atoms. The van der Waals surface area contributed by atoms with Gasteiger partial charge in [0.15, 0.2) is 0 Å².